The van der Waals surface area contributed by atoms with E-state index in [0.717, 1.165) is 5.56 Å². The van der Waals surface area contributed by atoms with Gasteiger partial charge in [0.1, 0.15) is 4.90 Å². The fourth-order valence-electron chi connectivity index (χ4n) is 1.47. The van der Waals surface area contributed by atoms with Gasteiger partial charge in [-0.1, -0.05) is 31.5 Å². The summed E-state index contributed by atoms with van der Waals surface area (Å²) in [5.74, 6) is 0.322. The van der Waals surface area contributed by atoms with Crippen molar-refractivity contribution in [2.75, 3.05) is 0 Å². The molecule has 0 saturated heterocycles. The minimum absolute atomic E-state index is 0.136. The van der Waals surface area contributed by atoms with Crippen LogP contribution in [0.5, 0.6) is 0 Å². The summed E-state index contributed by atoms with van der Waals surface area (Å²) in [5, 5.41) is 0.268. The normalized spacial score (nSPS) is 12.4. The third-order valence-corrected chi connectivity index (χ3v) is 4.44. The third kappa shape index (κ3) is 3.69. The number of nitrogens with one attached hydrogen (secondary N) is 1. The van der Waals surface area contributed by atoms with Gasteiger partial charge in [-0.2, -0.15) is 0 Å². The number of halogens is 1. The van der Waals surface area contributed by atoms with Gasteiger partial charge in [0.15, 0.2) is 0 Å². The van der Waals surface area contributed by atoms with Gasteiger partial charge in [-0.25, -0.2) is 13.1 Å². The fraction of sp³-hybridized carbons (Fsp3) is 0.500. The van der Waals surface area contributed by atoms with Crippen molar-refractivity contribution in [1.82, 2.24) is 4.72 Å². The summed E-state index contributed by atoms with van der Waals surface area (Å²) in [6.07, 6.45) is 0. The van der Waals surface area contributed by atoms with Crippen LogP contribution in [0.3, 0.4) is 0 Å². The molecule has 0 unspecified atom stereocenters. The fourth-order valence-corrected chi connectivity index (χ4v) is 3.27. The molecule has 0 saturated carbocycles. The average molecular weight is 276 g/mol. The lowest BCUT2D eigenvalue weighted by atomic mass is 10.0. The molecule has 0 atom stereocenters. The van der Waals surface area contributed by atoms with Gasteiger partial charge in [0, 0.05) is 6.04 Å². The van der Waals surface area contributed by atoms with Gasteiger partial charge in [-0.05, 0) is 37.5 Å². The van der Waals surface area contributed by atoms with E-state index in [2.05, 4.69) is 4.72 Å². The number of hydrogen-bond acceptors (Lipinski definition) is 2. The molecule has 1 aromatic rings. The van der Waals surface area contributed by atoms with Crippen molar-refractivity contribution in [2.45, 2.75) is 44.6 Å². The second-order valence-electron chi connectivity index (χ2n) is 4.62. The second kappa shape index (κ2) is 5.38. The van der Waals surface area contributed by atoms with E-state index in [9.17, 15) is 8.42 Å². The van der Waals surface area contributed by atoms with E-state index >= 15 is 0 Å². The largest absolute Gasteiger partial charge is 0.242 e. The number of hydrogen-bond donors (Lipinski definition) is 1. The van der Waals surface area contributed by atoms with Crippen LogP contribution in [-0.4, -0.2) is 14.5 Å². The standard InChI is InChI=1S/C12H18ClNO2S/c1-8(2)10-5-6-12(11(13)7-10)17(15,16)14-9(3)4/h5-9,14H,1-4H3. The van der Waals surface area contributed by atoms with Gasteiger partial charge in [0.05, 0.1) is 5.02 Å². The Bertz CT molecular complexity index is 495. The second-order valence-corrected chi connectivity index (χ2v) is 6.71. The maximum Gasteiger partial charge on any atom is 0.242 e. The first-order valence-electron chi connectivity index (χ1n) is 5.56. The summed E-state index contributed by atoms with van der Waals surface area (Å²) in [6, 6.07) is 4.91. The highest BCUT2D eigenvalue weighted by Crippen LogP contribution is 2.26. The highest BCUT2D eigenvalue weighted by Gasteiger charge is 2.19. The van der Waals surface area contributed by atoms with Crippen LogP contribution in [0.4, 0.5) is 0 Å². The van der Waals surface area contributed by atoms with E-state index in [4.69, 9.17) is 11.6 Å². The molecule has 5 heteroatoms. The van der Waals surface area contributed by atoms with Crippen molar-refractivity contribution < 1.29 is 8.42 Å². The molecule has 0 aliphatic rings. The Kier molecular flexibility index (Phi) is 4.58. The van der Waals surface area contributed by atoms with Gasteiger partial charge < -0.3 is 0 Å². The Hall–Kier alpha value is -0.580. The molecule has 1 N–H and O–H groups in total. The number of benzene rings is 1. The Morgan fingerprint density at radius 1 is 1.18 bits per heavy atom. The van der Waals surface area contributed by atoms with E-state index in [-0.39, 0.29) is 16.0 Å². The van der Waals surface area contributed by atoms with Crippen LogP contribution in [0, 0.1) is 0 Å². The molecule has 0 aliphatic heterocycles. The average Bonchev–Trinajstić information content (AvgIpc) is 2.14. The van der Waals surface area contributed by atoms with E-state index < -0.39 is 10.0 Å². The van der Waals surface area contributed by atoms with Crippen molar-refractivity contribution >= 4 is 21.6 Å². The zero-order valence-corrected chi connectivity index (χ0v) is 12.1. The molecule has 17 heavy (non-hydrogen) atoms. The molecule has 0 radical (unpaired) electrons. The predicted molar refractivity (Wildman–Crippen MR) is 71.0 cm³/mol. The van der Waals surface area contributed by atoms with Gasteiger partial charge in [0.25, 0.3) is 0 Å². The zero-order chi connectivity index (χ0) is 13.2. The van der Waals surface area contributed by atoms with Crippen LogP contribution in [0.1, 0.15) is 39.2 Å². The molecule has 0 bridgehead atoms. The lowest BCUT2D eigenvalue weighted by Gasteiger charge is -2.12. The van der Waals surface area contributed by atoms with E-state index in [0.29, 0.717) is 5.92 Å². The van der Waals surface area contributed by atoms with Crippen LogP contribution < -0.4 is 4.72 Å². The summed E-state index contributed by atoms with van der Waals surface area (Å²) < 4.78 is 26.4. The summed E-state index contributed by atoms with van der Waals surface area (Å²) in [6.45, 7) is 7.61. The van der Waals surface area contributed by atoms with Crippen LogP contribution in [0.15, 0.2) is 23.1 Å². The molecule has 0 amide bonds. The summed E-state index contributed by atoms with van der Waals surface area (Å²) in [4.78, 5) is 0.136. The highest BCUT2D eigenvalue weighted by atomic mass is 35.5. The quantitative estimate of drug-likeness (QED) is 0.917. The Labute approximate surface area is 108 Å². The van der Waals surface area contributed by atoms with Gasteiger partial charge in [-0.3, -0.25) is 0 Å². The van der Waals surface area contributed by atoms with Crippen molar-refractivity contribution in [1.29, 1.82) is 0 Å². The maximum absolute atomic E-state index is 11.9. The predicted octanol–water partition coefficient (Wildman–Crippen LogP) is 3.15. The Morgan fingerprint density at radius 2 is 1.76 bits per heavy atom. The van der Waals surface area contributed by atoms with E-state index in [1.54, 1.807) is 32.0 Å². The van der Waals surface area contributed by atoms with Gasteiger partial charge >= 0.3 is 0 Å². The van der Waals surface area contributed by atoms with Crippen molar-refractivity contribution in [3.05, 3.63) is 28.8 Å². The summed E-state index contributed by atoms with van der Waals surface area (Å²) >= 11 is 6.02. The number of rotatable bonds is 4. The van der Waals surface area contributed by atoms with Crippen LogP contribution in [0.2, 0.25) is 5.02 Å². The minimum Gasteiger partial charge on any atom is -0.209 e. The molecular formula is C12H18ClNO2S. The molecule has 0 fully saturated rings. The topological polar surface area (TPSA) is 46.2 Å². The van der Waals surface area contributed by atoms with Gasteiger partial charge in [0.2, 0.25) is 10.0 Å². The van der Waals surface area contributed by atoms with E-state index in [1.165, 1.54) is 0 Å². The lowest BCUT2D eigenvalue weighted by Crippen LogP contribution is -2.30. The third-order valence-electron chi connectivity index (χ3n) is 2.30. The summed E-state index contributed by atoms with van der Waals surface area (Å²) in [5.41, 5.74) is 1.03. The van der Waals surface area contributed by atoms with Crippen molar-refractivity contribution in [3.8, 4) is 0 Å². The molecular weight excluding hydrogens is 258 g/mol. The van der Waals surface area contributed by atoms with Crippen LogP contribution in [-0.2, 0) is 10.0 Å². The Morgan fingerprint density at radius 3 is 2.18 bits per heavy atom. The Balaban J connectivity index is 3.16. The first-order chi connectivity index (χ1) is 7.74. The summed E-state index contributed by atoms with van der Waals surface area (Å²) in [7, 11) is -3.51. The smallest absolute Gasteiger partial charge is 0.209 e. The van der Waals surface area contributed by atoms with Crippen LogP contribution in [0.25, 0.3) is 0 Å². The first-order valence-corrected chi connectivity index (χ1v) is 7.42. The molecule has 0 aromatic heterocycles. The van der Waals surface area contributed by atoms with Gasteiger partial charge in [-0.15, -0.1) is 0 Å². The molecule has 0 spiro atoms. The first kappa shape index (κ1) is 14.5. The highest BCUT2D eigenvalue weighted by molar-refractivity contribution is 7.89. The van der Waals surface area contributed by atoms with E-state index in [1.807, 2.05) is 13.8 Å². The molecule has 96 valence electrons. The minimum atomic E-state index is -3.51. The molecule has 1 aromatic carbocycles. The van der Waals surface area contributed by atoms with Crippen LogP contribution >= 0.6 is 11.6 Å². The molecule has 1 rings (SSSR count). The molecule has 0 aliphatic carbocycles. The zero-order valence-electron chi connectivity index (χ0n) is 10.5. The molecule has 0 heterocycles. The number of sulfonamides is 1. The SMILES string of the molecule is CC(C)NS(=O)(=O)c1ccc(C(C)C)cc1Cl. The van der Waals surface area contributed by atoms with Crippen molar-refractivity contribution in [2.24, 2.45) is 0 Å². The lowest BCUT2D eigenvalue weighted by molar-refractivity contribution is 0.570. The van der Waals surface area contributed by atoms with Crippen molar-refractivity contribution in [3.63, 3.8) is 0 Å². The monoisotopic (exact) mass is 275 g/mol. The maximum atomic E-state index is 11.9. The molecule has 3 nitrogen and oxygen atoms in total.